The number of methoxy groups -OCH3 is 1. The summed E-state index contributed by atoms with van der Waals surface area (Å²) in [4.78, 5) is 12.0. The van der Waals surface area contributed by atoms with Crippen LogP contribution in [-0.4, -0.2) is 36.9 Å². The molecule has 6 heteroatoms. The summed E-state index contributed by atoms with van der Waals surface area (Å²) in [6.07, 6.45) is 0.446. The van der Waals surface area contributed by atoms with Crippen LogP contribution in [0.5, 0.6) is 0 Å². The third kappa shape index (κ3) is 4.81. The third-order valence-corrected chi connectivity index (χ3v) is 3.63. The predicted molar refractivity (Wildman–Crippen MR) is 78.0 cm³/mol. The Labute approximate surface area is 121 Å². The van der Waals surface area contributed by atoms with E-state index in [9.17, 15) is 9.90 Å². The van der Waals surface area contributed by atoms with E-state index < -0.39 is 5.60 Å². The molecule has 1 aromatic carbocycles. The Morgan fingerprint density at radius 3 is 2.89 bits per heavy atom. The van der Waals surface area contributed by atoms with Gasteiger partial charge in [-0.15, -0.1) is 0 Å². The summed E-state index contributed by atoms with van der Waals surface area (Å²) in [5.74, 6) is -0.281. The van der Waals surface area contributed by atoms with Crippen molar-refractivity contribution >= 4 is 27.5 Å². The number of carbonyl (C=O) groups excluding carboxylic acids is 1. The Bertz CT molecular complexity index is 450. The van der Waals surface area contributed by atoms with Crippen LogP contribution in [0.1, 0.15) is 23.7 Å². The summed E-state index contributed by atoms with van der Waals surface area (Å²) in [6.45, 7) is 2.24. The average molecular weight is 331 g/mol. The second kappa shape index (κ2) is 6.88. The molecule has 106 valence electrons. The van der Waals surface area contributed by atoms with Gasteiger partial charge in [0.05, 0.1) is 15.6 Å². The highest BCUT2D eigenvalue weighted by atomic mass is 79.9. The lowest BCUT2D eigenvalue weighted by Gasteiger charge is -2.23. The molecule has 1 amide bonds. The summed E-state index contributed by atoms with van der Waals surface area (Å²) in [7, 11) is 1.57. The number of anilines is 1. The van der Waals surface area contributed by atoms with Gasteiger partial charge in [0.15, 0.2) is 0 Å². The summed E-state index contributed by atoms with van der Waals surface area (Å²) >= 11 is 3.27. The van der Waals surface area contributed by atoms with E-state index in [0.29, 0.717) is 28.8 Å². The number of hydrogen-bond acceptors (Lipinski definition) is 4. The van der Waals surface area contributed by atoms with Crippen molar-refractivity contribution in [2.45, 2.75) is 18.9 Å². The minimum atomic E-state index is -1.00. The monoisotopic (exact) mass is 330 g/mol. The molecule has 0 aromatic heterocycles. The summed E-state index contributed by atoms with van der Waals surface area (Å²) < 4.78 is 5.47. The SMILES string of the molecule is COCCC(C)(O)CNC(=O)c1cccc(N)c1Br. The first-order chi connectivity index (χ1) is 8.87. The molecule has 0 fully saturated rings. The number of rotatable bonds is 6. The van der Waals surface area contributed by atoms with Gasteiger partial charge in [-0.25, -0.2) is 0 Å². The van der Waals surface area contributed by atoms with Crippen molar-refractivity contribution in [3.05, 3.63) is 28.2 Å². The molecule has 0 saturated heterocycles. The highest BCUT2D eigenvalue weighted by molar-refractivity contribution is 9.10. The number of carbonyl (C=O) groups is 1. The lowest BCUT2D eigenvalue weighted by atomic mass is 10.0. The summed E-state index contributed by atoms with van der Waals surface area (Å²) in [5, 5.41) is 12.7. The smallest absolute Gasteiger partial charge is 0.252 e. The molecule has 0 heterocycles. The highest BCUT2D eigenvalue weighted by Gasteiger charge is 2.22. The third-order valence-electron chi connectivity index (χ3n) is 2.75. The van der Waals surface area contributed by atoms with Crippen LogP contribution in [-0.2, 0) is 4.74 Å². The molecule has 0 radical (unpaired) electrons. The maximum atomic E-state index is 12.0. The first-order valence-corrected chi connectivity index (χ1v) is 6.70. The fourth-order valence-electron chi connectivity index (χ4n) is 1.50. The Morgan fingerprint density at radius 2 is 2.26 bits per heavy atom. The zero-order valence-electron chi connectivity index (χ0n) is 11.1. The second-order valence-corrected chi connectivity index (χ2v) is 5.42. The second-order valence-electron chi connectivity index (χ2n) is 4.63. The fourth-order valence-corrected chi connectivity index (χ4v) is 1.95. The van der Waals surface area contributed by atoms with E-state index in [2.05, 4.69) is 21.2 Å². The van der Waals surface area contributed by atoms with Crippen LogP contribution >= 0.6 is 15.9 Å². The van der Waals surface area contributed by atoms with Crippen molar-refractivity contribution in [2.75, 3.05) is 26.0 Å². The molecule has 1 aromatic rings. The molecule has 1 unspecified atom stereocenters. The Balaban J connectivity index is 2.63. The Hall–Kier alpha value is -1.11. The molecular weight excluding hydrogens is 312 g/mol. The fraction of sp³-hybridized carbons (Fsp3) is 0.462. The number of halogens is 1. The molecule has 1 rings (SSSR count). The maximum absolute atomic E-state index is 12.0. The first kappa shape index (κ1) is 15.9. The molecule has 0 aliphatic heterocycles. The van der Waals surface area contributed by atoms with Crippen molar-refractivity contribution in [2.24, 2.45) is 0 Å². The van der Waals surface area contributed by atoms with Crippen molar-refractivity contribution in [1.29, 1.82) is 0 Å². The minimum absolute atomic E-state index is 0.149. The number of aliphatic hydroxyl groups is 1. The number of nitrogen functional groups attached to an aromatic ring is 1. The van der Waals surface area contributed by atoms with Crippen LogP contribution in [0.4, 0.5) is 5.69 Å². The molecule has 0 spiro atoms. The molecule has 0 bridgehead atoms. The van der Waals surface area contributed by atoms with Gasteiger partial charge in [-0.3, -0.25) is 4.79 Å². The number of amides is 1. The van der Waals surface area contributed by atoms with Crippen LogP contribution in [0.3, 0.4) is 0 Å². The van der Waals surface area contributed by atoms with E-state index in [1.807, 2.05) is 0 Å². The number of ether oxygens (including phenoxy) is 1. The summed E-state index contributed by atoms with van der Waals surface area (Å²) in [6, 6.07) is 5.08. The van der Waals surface area contributed by atoms with Crippen LogP contribution in [0, 0.1) is 0 Å². The molecule has 0 saturated carbocycles. The number of benzene rings is 1. The van der Waals surface area contributed by atoms with E-state index >= 15 is 0 Å². The number of hydrogen-bond donors (Lipinski definition) is 3. The standard InChI is InChI=1S/C13H19BrN2O3/c1-13(18,6-7-19-2)8-16-12(17)9-4-3-5-10(15)11(9)14/h3-5,18H,6-8,15H2,1-2H3,(H,16,17). The van der Waals surface area contributed by atoms with Crippen LogP contribution in [0.15, 0.2) is 22.7 Å². The van der Waals surface area contributed by atoms with Gasteiger partial charge in [0.25, 0.3) is 5.91 Å². The topological polar surface area (TPSA) is 84.6 Å². The van der Waals surface area contributed by atoms with Crippen LogP contribution in [0.2, 0.25) is 0 Å². The van der Waals surface area contributed by atoms with Crippen molar-refractivity contribution in [3.8, 4) is 0 Å². The number of nitrogens with one attached hydrogen (secondary N) is 1. The van der Waals surface area contributed by atoms with E-state index in [1.54, 1.807) is 32.2 Å². The quantitative estimate of drug-likeness (QED) is 0.691. The van der Waals surface area contributed by atoms with Gasteiger partial charge in [0.1, 0.15) is 0 Å². The highest BCUT2D eigenvalue weighted by Crippen LogP contribution is 2.23. The van der Waals surface area contributed by atoms with E-state index in [-0.39, 0.29) is 12.5 Å². The van der Waals surface area contributed by atoms with Gasteiger partial charge in [-0.05, 0) is 35.0 Å². The molecule has 1 atom stereocenters. The van der Waals surface area contributed by atoms with Gasteiger partial charge in [-0.2, -0.15) is 0 Å². The minimum Gasteiger partial charge on any atom is -0.398 e. The first-order valence-electron chi connectivity index (χ1n) is 5.91. The Morgan fingerprint density at radius 1 is 1.58 bits per heavy atom. The van der Waals surface area contributed by atoms with Crippen molar-refractivity contribution < 1.29 is 14.6 Å². The normalized spacial score (nSPS) is 13.9. The molecule has 4 N–H and O–H groups in total. The zero-order chi connectivity index (χ0) is 14.5. The van der Waals surface area contributed by atoms with Gasteiger partial charge < -0.3 is 20.9 Å². The maximum Gasteiger partial charge on any atom is 0.252 e. The van der Waals surface area contributed by atoms with E-state index in [4.69, 9.17) is 10.5 Å². The summed E-state index contributed by atoms with van der Waals surface area (Å²) in [5.41, 5.74) is 5.66. The van der Waals surface area contributed by atoms with Crippen LogP contribution < -0.4 is 11.1 Å². The lowest BCUT2D eigenvalue weighted by Crippen LogP contribution is -2.41. The largest absolute Gasteiger partial charge is 0.398 e. The van der Waals surface area contributed by atoms with Gasteiger partial charge in [-0.1, -0.05) is 6.07 Å². The van der Waals surface area contributed by atoms with E-state index in [1.165, 1.54) is 0 Å². The molecular formula is C13H19BrN2O3. The molecule has 0 aliphatic rings. The zero-order valence-corrected chi connectivity index (χ0v) is 12.7. The number of nitrogens with two attached hydrogens (primary N) is 1. The molecule has 19 heavy (non-hydrogen) atoms. The van der Waals surface area contributed by atoms with Gasteiger partial charge in [0, 0.05) is 32.4 Å². The van der Waals surface area contributed by atoms with E-state index in [0.717, 1.165) is 0 Å². The molecule has 5 nitrogen and oxygen atoms in total. The van der Waals surface area contributed by atoms with Crippen molar-refractivity contribution in [1.82, 2.24) is 5.32 Å². The Kier molecular flexibility index (Phi) is 5.78. The van der Waals surface area contributed by atoms with Crippen molar-refractivity contribution in [3.63, 3.8) is 0 Å². The van der Waals surface area contributed by atoms with Crippen LogP contribution in [0.25, 0.3) is 0 Å². The predicted octanol–water partition coefficient (Wildman–Crippen LogP) is 1.55. The average Bonchev–Trinajstić information content (AvgIpc) is 2.37. The lowest BCUT2D eigenvalue weighted by molar-refractivity contribution is 0.0243. The molecule has 0 aliphatic carbocycles. The van der Waals surface area contributed by atoms with Gasteiger partial charge in [0.2, 0.25) is 0 Å². The van der Waals surface area contributed by atoms with Gasteiger partial charge >= 0.3 is 0 Å².